The molecule has 0 radical (unpaired) electrons. The molecule has 1 N–H and O–H groups in total. The quantitative estimate of drug-likeness (QED) is 0.830. The van der Waals surface area contributed by atoms with Gasteiger partial charge in [0, 0.05) is 25.4 Å². The molecular weight excluding hydrogens is 344 g/mol. The van der Waals surface area contributed by atoms with E-state index in [0.717, 1.165) is 19.3 Å². The number of carbonyl (C=O) groups is 1. The summed E-state index contributed by atoms with van der Waals surface area (Å²) in [5.74, 6) is 0.0655. The number of sulfonamides is 1. The minimum atomic E-state index is -3.64. The van der Waals surface area contributed by atoms with Crippen LogP contribution in [0, 0.1) is 0 Å². The summed E-state index contributed by atoms with van der Waals surface area (Å²) in [6, 6.07) is 4.73. The van der Waals surface area contributed by atoms with E-state index in [9.17, 15) is 13.2 Å². The van der Waals surface area contributed by atoms with Gasteiger partial charge in [-0.2, -0.15) is 4.31 Å². The molecule has 2 fully saturated rings. The Balaban J connectivity index is 1.87. The Labute approximate surface area is 148 Å². The predicted molar refractivity (Wildman–Crippen MR) is 93.2 cm³/mol. The molecule has 1 aromatic carbocycles. The van der Waals surface area contributed by atoms with Gasteiger partial charge in [0.15, 0.2) is 0 Å². The average Bonchev–Trinajstić information content (AvgIpc) is 3.30. The van der Waals surface area contributed by atoms with Crippen molar-refractivity contribution < 1.29 is 22.7 Å². The van der Waals surface area contributed by atoms with Gasteiger partial charge in [-0.25, -0.2) is 8.42 Å². The number of carbonyl (C=O) groups excluding carboxylic acids is 1. The van der Waals surface area contributed by atoms with Gasteiger partial charge in [0.05, 0.1) is 6.61 Å². The Bertz CT molecular complexity index is 723. The van der Waals surface area contributed by atoms with Crippen molar-refractivity contribution in [3.63, 3.8) is 0 Å². The number of anilines is 1. The van der Waals surface area contributed by atoms with Crippen molar-refractivity contribution in [3.8, 4) is 5.75 Å². The van der Waals surface area contributed by atoms with Crippen molar-refractivity contribution in [2.45, 2.75) is 43.6 Å². The molecule has 1 atom stereocenters. The molecule has 2 aliphatic rings. The van der Waals surface area contributed by atoms with Crippen molar-refractivity contribution in [1.29, 1.82) is 0 Å². The van der Waals surface area contributed by atoms with Crippen LogP contribution in [0.25, 0.3) is 0 Å². The standard InChI is InChI=1S/C17H24N2O5S/c1-2-23-14-8-7-13(18-17(20)15-6-5-11-24-15)12-16(14)25(21,22)19-9-3-4-10-19/h7-8,12,15H,2-6,9-11H2,1H3,(H,18,20)/t15-/m0/s1. The van der Waals surface area contributed by atoms with Gasteiger partial charge in [0.2, 0.25) is 10.0 Å². The molecule has 8 heteroatoms. The molecule has 2 aliphatic heterocycles. The van der Waals surface area contributed by atoms with E-state index < -0.39 is 16.1 Å². The van der Waals surface area contributed by atoms with Crippen molar-refractivity contribution in [3.05, 3.63) is 18.2 Å². The first-order valence-electron chi connectivity index (χ1n) is 8.72. The molecule has 1 aromatic rings. The Kier molecular flexibility index (Phi) is 5.61. The summed E-state index contributed by atoms with van der Waals surface area (Å²) in [5, 5.41) is 2.75. The van der Waals surface area contributed by atoms with Crippen LogP contribution in [0.15, 0.2) is 23.1 Å². The van der Waals surface area contributed by atoms with E-state index in [-0.39, 0.29) is 10.8 Å². The fourth-order valence-electron chi connectivity index (χ4n) is 3.14. The molecule has 3 rings (SSSR count). The summed E-state index contributed by atoms with van der Waals surface area (Å²) >= 11 is 0. The van der Waals surface area contributed by atoms with Crippen LogP contribution in [-0.4, -0.2) is 51.0 Å². The van der Waals surface area contributed by atoms with Crippen LogP contribution >= 0.6 is 0 Å². The molecule has 138 valence electrons. The van der Waals surface area contributed by atoms with Gasteiger partial charge < -0.3 is 14.8 Å². The predicted octanol–water partition coefficient (Wildman–Crippen LogP) is 1.99. The zero-order valence-corrected chi connectivity index (χ0v) is 15.2. The van der Waals surface area contributed by atoms with Crippen LogP contribution in [0.5, 0.6) is 5.75 Å². The molecular formula is C17H24N2O5S. The van der Waals surface area contributed by atoms with E-state index in [2.05, 4.69) is 5.32 Å². The normalized spacial score (nSPS) is 21.4. The minimum Gasteiger partial charge on any atom is -0.492 e. The summed E-state index contributed by atoms with van der Waals surface area (Å²) in [7, 11) is -3.64. The van der Waals surface area contributed by atoms with Crippen LogP contribution in [-0.2, 0) is 19.6 Å². The second-order valence-electron chi connectivity index (χ2n) is 6.20. The van der Waals surface area contributed by atoms with Crippen LogP contribution in [0.3, 0.4) is 0 Å². The van der Waals surface area contributed by atoms with Crippen LogP contribution < -0.4 is 10.1 Å². The summed E-state index contributed by atoms with van der Waals surface area (Å²) in [4.78, 5) is 12.3. The largest absolute Gasteiger partial charge is 0.492 e. The number of nitrogens with one attached hydrogen (secondary N) is 1. The van der Waals surface area contributed by atoms with Gasteiger partial charge in [-0.15, -0.1) is 0 Å². The molecule has 2 heterocycles. The molecule has 7 nitrogen and oxygen atoms in total. The first-order chi connectivity index (χ1) is 12.0. The van der Waals surface area contributed by atoms with Crippen LogP contribution in [0.2, 0.25) is 0 Å². The highest BCUT2D eigenvalue weighted by molar-refractivity contribution is 7.89. The van der Waals surface area contributed by atoms with E-state index >= 15 is 0 Å². The molecule has 0 saturated carbocycles. The van der Waals surface area contributed by atoms with E-state index in [0.29, 0.717) is 44.2 Å². The Morgan fingerprint density at radius 3 is 2.72 bits per heavy atom. The number of nitrogens with zero attached hydrogens (tertiary/aromatic N) is 1. The summed E-state index contributed by atoms with van der Waals surface area (Å²) in [6.07, 6.45) is 2.79. The third kappa shape index (κ3) is 3.96. The van der Waals surface area contributed by atoms with Gasteiger partial charge >= 0.3 is 0 Å². The van der Waals surface area contributed by atoms with Gasteiger partial charge in [-0.3, -0.25) is 4.79 Å². The molecule has 0 unspecified atom stereocenters. The Morgan fingerprint density at radius 1 is 1.32 bits per heavy atom. The molecule has 0 aromatic heterocycles. The fourth-order valence-corrected chi connectivity index (χ4v) is 4.81. The maximum absolute atomic E-state index is 12.9. The van der Waals surface area contributed by atoms with Crippen LogP contribution in [0.1, 0.15) is 32.6 Å². The highest BCUT2D eigenvalue weighted by Gasteiger charge is 2.31. The minimum absolute atomic E-state index is 0.0985. The van der Waals surface area contributed by atoms with Gasteiger partial charge in [-0.1, -0.05) is 0 Å². The lowest BCUT2D eigenvalue weighted by atomic mass is 10.2. The number of amides is 1. The molecule has 25 heavy (non-hydrogen) atoms. The highest BCUT2D eigenvalue weighted by Crippen LogP contribution is 2.32. The van der Waals surface area contributed by atoms with E-state index in [4.69, 9.17) is 9.47 Å². The number of benzene rings is 1. The number of rotatable bonds is 6. The number of ether oxygens (including phenoxy) is 2. The molecule has 2 saturated heterocycles. The summed E-state index contributed by atoms with van der Waals surface area (Å²) < 4.78 is 38.2. The lowest BCUT2D eigenvalue weighted by Gasteiger charge is -2.19. The number of hydrogen-bond acceptors (Lipinski definition) is 5. The highest BCUT2D eigenvalue weighted by atomic mass is 32.2. The second kappa shape index (κ2) is 7.72. The molecule has 0 bridgehead atoms. The average molecular weight is 368 g/mol. The second-order valence-corrected chi connectivity index (χ2v) is 8.10. The fraction of sp³-hybridized carbons (Fsp3) is 0.588. The number of hydrogen-bond donors (Lipinski definition) is 1. The Hall–Kier alpha value is -1.64. The maximum Gasteiger partial charge on any atom is 0.253 e. The molecule has 0 aliphatic carbocycles. The SMILES string of the molecule is CCOc1ccc(NC(=O)[C@@H]2CCCO2)cc1S(=O)(=O)N1CCCC1. The van der Waals surface area contributed by atoms with E-state index in [1.807, 2.05) is 0 Å². The third-order valence-corrected chi connectivity index (χ3v) is 6.34. The van der Waals surface area contributed by atoms with E-state index in [1.165, 1.54) is 10.4 Å². The van der Waals surface area contributed by atoms with E-state index in [1.54, 1.807) is 19.1 Å². The van der Waals surface area contributed by atoms with Crippen molar-refractivity contribution >= 4 is 21.6 Å². The lowest BCUT2D eigenvalue weighted by Crippen LogP contribution is -2.29. The molecule has 1 amide bonds. The van der Waals surface area contributed by atoms with Gasteiger partial charge in [-0.05, 0) is 50.8 Å². The summed E-state index contributed by atoms with van der Waals surface area (Å²) in [5.41, 5.74) is 0.432. The zero-order valence-electron chi connectivity index (χ0n) is 14.4. The summed E-state index contributed by atoms with van der Waals surface area (Å²) in [6.45, 7) is 3.78. The monoisotopic (exact) mass is 368 g/mol. The Morgan fingerprint density at radius 2 is 2.08 bits per heavy atom. The van der Waals surface area contributed by atoms with Crippen molar-refractivity contribution in [1.82, 2.24) is 4.31 Å². The maximum atomic E-state index is 12.9. The first kappa shape index (κ1) is 18.2. The van der Waals surface area contributed by atoms with Crippen molar-refractivity contribution in [2.75, 3.05) is 31.6 Å². The molecule has 0 spiro atoms. The zero-order chi connectivity index (χ0) is 17.9. The topological polar surface area (TPSA) is 84.9 Å². The lowest BCUT2D eigenvalue weighted by molar-refractivity contribution is -0.124. The van der Waals surface area contributed by atoms with Crippen LogP contribution in [0.4, 0.5) is 5.69 Å². The smallest absolute Gasteiger partial charge is 0.253 e. The van der Waals surface area contributed by atoms with Crippen molar-refractivity contribution in [2.24, 2.45) is 0 Å². The van der Waals surface area contributed by atoms with Gasteiger partial charge in [0.1, 0.15) is 16.7 Å². The first-order valence-corrected chi connectivity index (χ1v) is 10.2. The third-order valence-electron chi connectivity index (χ3n) is 4.42. The van der Waals surface area contributed by atoms with Gasteiger partial charge in [0.25, 0.3) is 5.91 Å².